The number of thiophene rings is 1. The van der Waals surface area contributed by atoms with Crippen LogP contribution in [0.3, 0.4) is 0 Å². The molecule has 1 atom stereocenters. The first-order valence-corrected chi connectivity index (χ1v) is 10.0. The Morgan fingerprint density at radius 3 is 2.54 bits per heavy atom. The van der Waals surface area contributed by atoms with Gasteiger partial charge < -0.3 is 10.2 Å². The van der Waals surface area contributed by atoms with Crippen LogP contribution in [-0.4, -0.2) is 16.6 Å². The maximum absolute atomic E-state index is 5.79. The van der Waals surface area contributed by atoms with Gasteiger partial charge in [0, 0.05) is 17.1 Å². The van der Waals surface area contributed by atoms with E-state index in [1.54, 1.807) is 11.3 Å². The lowest BCUT2D eigenvalue weighted by Gasteiger charge is -2.32. The first-order chi connectivity index (χ1) is 11.5. The van der Waals surface area contributed by atoms with E-state index in [0.29, 0.717) is 5.92 Å². The number of para-hydroxylation sites is 1. The van der Waals surface area contributed by atoms with Crippen LogP contribution in [0, 0.1) is 5.92 Å². The van der Waals surface area contributed by atoms with Gasteiger partial charge >= 0.3 is 0 Å². The lowest BCUT2D eigenvalue weighted by molar-refractivity contribution is 0.321. The third-order valence-corrected chi connectivity index (χ3v) is 5.65. The lowest BCUT2D eigenvalue weighted by atomic mass is 10.1. The Hall–Kier alpha value is -1.39. The van der Waals surface area contributed by atoms with Crippen LogP contribution in [0.15, 0.2) is 41.8 Å². The zero-order chi connectivity index (χ0) is 17.5. The van der Waals surface area contributed by atoms with E-state index in [-0.39, 0.29) is 6.04 Å². The molecular formula is C20H28N2S2. The second kappa shape index (κ2) is 9.19. The highest BCUT2D eigenvalue weighted by atomic mass is 32.1. The normalized spacial score (nSPS) is 12.2. The number of hydrogen-bond donors (Lipinski definition) is 1. The molecule has 0 spiro atoms. The van der Waals surface area contributed by atoms with E-state index in [1.165, 1.54) is 10.4 Å². The highest BCUT2D eigenvalue weighted by Gasteiger charge is 2.20. The predicted molar refractivity (Wildman–Crippen MR) is 111 cm³/mol. The van der Waals surface area contributed by atoms with Gasteiger partial charge in [-0.3, -0.25) is 0 Å². The molecular weight excluding hydrogens is 332 g/mol. The Labute approximate surface area is 155 Å². The van der Waals surface area contributed by atoms with Gasteiger partial charge in [-0.1, -0.05) is 45.0 Å². The number of anilines is 1. The molecule has 24 heavy (non-hydrogen) atoms. The van der Waals surface area contributed by atoms with E-state index in [1.807, 2.05) is 0 Å². The van der Waals surface area contributed by atoms with Gasteiger partial charge in [0.25, 0.3) is 0 Å². The van der Waals surface area contributed by atoms with Crippen LogP contribution in [0.25, 0.3) is 0 Å². The van der Waals surface area contributed by atoms with Gasteiger partial charge in [-0.25, -0.2) is 0 Å². The van der Waals surface area contributed by atoms with Crippen molar-refractivity contribution in [3.8, 4) is 0 Å². The van der Waals surface area contributed by atoms with Gasteiger partial charge in [0.2, 0.25) is 0 Å². The quantitative estimate of drug-likeness (QED) is 0.599. The van der Waals surface area contributed by atoms with Crippen molar-refractivity contribution in [2.45, 2.75) is 46.6 Å². The standard InChI is InChI=1S/C20H28N2S2/c1-5-17-9-6-7-10-18(17)21-20(23)22(13-12-15(2)3)16(4)19-11-8-14-24-19/h6-11,14-16H,5,12-13H2,1-4H3,(H,21,23). The van der Waals surface area contributed by atoms with Crippen molar-refractivity contribution in [1.29, 1.82) is 0 Å². The summed E-state index contributed by atoms with van der Waals surface area (Å²) in [6.45, 7) is 9.91. The molecule has 2 rings (SSSR count). The molecule has 2 aromatic rings. The van der Waals surface area contributed by atoms with E-state index < -0.39 is 0 Å². The third-order valence-electron chi connectivity index (χ3n) is 4.27. The van der Waals surface area contributed by atoms with Gasteiger partial charge in [-0.05, 0) is 61.0 Å². The number of hydrogen-bond acceptors (Lipinski definition) is 2. The topological polar surface area (TPSA) is 15.3 Å². The van der Waals surface area contributed by atoms with Crippen LogP contribution in [0.5, 0.6) is 0 Å². The summed E-state index contributed by atoms with van der Waals surface area (Å²) in [5.41, 5.74) is 2.42. The van der Waals surface area contributed by atoms with E-state index >= 15 is 0 Å². The fourth-order valence-corrected chi connectivity index (χ4v) is 3.84. The van der Waals surface area contributed by atoms with Gasteiger partial charge in [-0.2, -0.15) is 0 Å². The number of rotatable bonds is 7. The number of thiocarbonyl (C=S) groups is 1. The molecule has 0 saturated heterocycles. The average Bonchev–Trinajstić information content (AvgIpc) is 3.09. The lowest BCUT2D eigenvalue weighted by Crippen LogP contribution is -2.38. The fourth-order valence-electron chi connectivity index (χ4n) is 2.69. The minimum absolute atomic E-state index is 0.289. The molecule has 4 heteroatoms. The molecule has 130 valence electrons. The van der Waals surface area contributed by atoms with Gasteiger partial charge in [0.05, 0.1) is 6.04 Å². The van der Waals surface area contributed by atoms with Crippen LogP contribution in [0.2, 0.25) is 0 Å². The smallest absolute Gasteiger partial charge is 0.173 e. The summed E-state index contributed by atoms with van der Waals surface area (Å²) in [7, 11) is 0. The Morgan fingerprint density at radius 2 is 1.92 bits per heavy atom. The zero-order valence-electron chi connectivity index (χ0n) is 15.1. The van der Waals surface area contributed by atoms with Crippen molar-refractivity contribution >= 4 is 34.4 Å². The predicted octanol–water partition coefficient (Wildman–Crippen LogP) is 6.12. The summed E-state index contributed by atoms with van der Waals surface area (Å²) >= 11 is 7.58. The molecule has 0 fully saturated rings. The zero-order valence-corrected chi connectivity index (χ0v) is 16.7. The molecule has 1 N–H and O–H groups in total. The highest BCUT2D eigenvalue weighted by molar-refractivity contribution is 7.80. The molecule has 0 amide bonds. The van der Waals surface area contributed by atoms with Crippen molar-refractivity contribution in [3.63, 3.8) is 0 Å². The minimum Gasteiger partial charge on any atom is -0.341 e. The molecule has 1 aromatic carbocycles. The average molecular weight is 361 g/mol. The third kappa shape index (κ3) is 5.05. The minimum atomic E-state index is 0.289. The Bertz CT molecular complexity index is 635. The SMILES string of the molecule is CCc1ccccc1NC(=S)N(CCC(C)C)C(C)c1cccs1. The van der Waals surface area contributed by atoms with Crippen LogP contribution in [-0.2, 0) is 6.42 Å². The molecule has 0 aliphatic heterocycles. The summed E-state index contributed by atoms with van der Waals surface area (Å²) in [5, 5.41) is 6.44. The molecule has 1 aromatic heterocycles. The maximum Gasteiger partial charge on any atom is 0.173 e. The first kappa shape index (κ1) is 18.9. The van der Waals surface area contributed by atoms with E-state index in [4.69, 9.17) is 12.2 Å². The molecule has 0 aliphatic carbocycles. The number of nitrogens with zero attached hydrogens (tertiary/aromatic N) is 1. The molecule has 2 nitrogen and oxygen atoms in total. The van der Waals surface area contributed by atoms with Gasteiger partial charge in [0.15, 0.2) is 5.11 Å². The second-order valence-electron chi connectivity index (χ2n) is 6.51. The molecule has 1 unspecified atom stereocenters. The second-order valence-corrected chi connectivity index (χ2v) is 7.87. The summed E-state index contributed by atoms with van der Waals surface area (Å²) < 4.78 is 0. The summed E-state index contributed by atoms with van der Waals surface area (Å²) in [6.07, 6.45) is 2.13. The summed E-state index contributed by atoms with van der Waals surface area (Å²) in [4.78, 5) is 3.68. The van der Waals surface area contributed by atoms with Crippen LogP contribution in [0.4, 0.5) is 5.69 Å². The number of aryl methyl sites for hydroxylation is 1. The van der Waals surface area contributed by atoms with E-state index in [2.05, 4.69) is 79.7 Å². The van der Waals surface area contributed by atoms with Crippen molar-refractivity contribution in [1.82, 2.24) is 4.90 Å². The Kier molecular flexibility index (Phi) is 7.25. The Morgan fingerprint density at radius 1 is 1.17 bits per heavy atom. The van der Waals surface area contributed by atoms with Crippen molar-refractivity contribution in [3.05, 3.63) is 52.2 Å². The molecule has 0 saturated carbocycles. The first-order valence-electron chi connectivity index (χ1n) is 8.71. The largest absolute Gasteiger partial charge is 0.341 e. The molecule has 0 aliphatic rings. The van der Waals surface area contributed by atoms with Crippen molar-refractivity contribution in [2.75, 3.05) is 11.9 Å². The van der Waals surface area contributed by atoms with Crippen LogP contribution < -0.4 is 5.32 Å². The number of nitrogens with one attached hydrogen (secondary N) is 1. The fraction of sp³-hybridized carbons (Fsp3) is 0.450. The van der Waals surface area contributed by atoms with E-state index in [0.717, 1.165) is 30.2 Å². The molecule has 1 heterocycles. The maximum atomic E-state index is 5.79. The highest BCUT2D eigenvalue weighted by Crippen LogP contribution is 2.27. The summed E-state index contributed by atoms with van der Waals surface area (Å²) in [6, 6.07) is 13.0. The molecule has 0 bridgehead atoms. The van der Waals surface area contributed by atoms with Crippen molar-refractivity contribution < 1.29 is 0 Å². The monoisotopic (exact) mass is 360 g/mol. The molecule has 0 radical (unpaired) electrons. The summed E-state index contributed by atoms with van der Waals surface area (Å²) in [5.74, 6) is 0.661. The van der Waals surface area contributed by atoms with Gasteiger partial charge in [0.1, 0.15) is 0 Å². The van der Waals surface area contributed by atoms with E-state index in [9.17, 15) is 0 Å². The van der Waals surface area contributed by atoms with Crippen LogP contribution >= 0.6 is 23.6 Å². The van der Waals surface area contributed by atoms with Crippen molar-refractivity contribution in [2.24, 2.45) is 5.92 Å². The Balaban J connectivity index is 2.17. The van der Waals surface area contributed by atoms with Crippen LogP contribution in [0.1, 0.15) is 50.6 Å². The van der Waals surface area contributed by atoms with Gasteiger partial charge in [-0.15, -0.1) is 11.3 Å². The number of benzene rings is 1.